The van der Waals surface area contributed by atoms with Gasteiger partial charge >= 0.3 is 5.97 Å². The van der Waals surface area contributed by atoms with E-state index in [1.807, 2.05) is 43.3 Å². The van der Waals surface area contributed by atoms with Crippen molar-refractivity contribution in [2.75, 3.05) is 19.7 Å². The van der Waals surface area contributed by atoms with Gasteiger partial charge in [0.15, 0.2) is 5.82 Å². The molecule has 0 amide bonds. The summed E-state index contributed by atoms with van der Waals surface area (Å²) in [4.78, 5) is 20.0. The van der Waals surface area contributed by atoms with Crippen molar-refractivity contribution >= 4 is 5.97 Å². The number of carbonyl (C=O) groups is 1. The van der Waals surface area contributed by atoms with E-state index < -0.39 is 5.41 Å². The minimum absolute atomic E-state index is 0.265. The molecule has 0 unspecified atom stereocenters. The Labute approximate surface area is 176 Å². The summed E-state index contributed by atoms with van der Waals surface area (Å²) in [6.07, 6.45) is 1.78. The molecule has 6 nitrogen and oxygen atoms in total. The molecule has 156 valence electrons. The topological polar surface area (TPSA) is 68.5 Å². The molecule has 2 heterocycles. The molecule has 1 saturated heterocycles. The van der Waals surface area contributed by atoms with Gasteiger partial charge < -0.3 is 9.26 Å². The molecule has 1 aliphatic rings. The summed E-state index contributed by atoms with van der Waals surface area (Å²) in [5, 5.41) is 4.15. The highest BCUT2D eigenvalue weighted by Crippen LogP contribution is 2.36. The number of benzene rings is 2. The maximum absolute atomic E-state index is 13.0. The Morgan fingerprint density at radius 2 is 1.67 bits per heavy atom. The van der Waals surface area contributed by atoms with Gasteiger partial charge in [-0.1, -0.05) is 65.8 Å². The van der Waals surface area contributed by atoms with Crippen molar-refractivity contribution < 1.29 is 14.1 Å². The van der Waals surface area contributed by atoms with Crippen molar-refractivity contribution in [3.8, 4) is 0 Å². The van der Waals surface area contributed by atoms with E-state index in [9.17, 15) is 4.79 Å². The summed E-state index contributed by atoms with van der Waals surface area (Å²) in [7, 11) is 0. The summed E-state index contributed by atoms with van der Waals surface area (Å²) in [5.74, 6) is 0.706. The zero-order valence-electron chi connectivity index (χ0n) is 17.3. The molecular weight excluding hydrogens is 378 g/mol. The first-order valence-electron chi connectivity index (χ1n) is 10.5. The lowest BCUT2D eigenvalue weighted by atomic mass is 9.78. The van der Waals surface area contributed by atoms with Crippen molar-refractivity contribution in [3.05, 3.63) is 83.5 Å². The SMILES string of the molecule is CCOC(=O)C1(c2nc(Cc3ccccc3)no2)CCN(Cc2ccccc2)CC1. The zero-order chi connectivity index (χ0) is 20.8. The Balaban J connectivity index is 1.50. The minimum atomic E-state index is -0.870. The lowest BCUT2D eigenvalue weighted by Gasteiger charge is -2.37. The predicted octanol–water partition coefficient (Wildman–Crippen LogP) is 3.76. The third-order valence-corrected chi connectivity index (χ3v) is 5.71. The van der Waals surface area contributed by atoms with E-state index in [2.05, 4.69) is 39.3 Å². The second kappa shape index (κ2) is 9.22. The van der Waals surface area contributed by atoms with E-state index >= 15 is 0 Å². The van der Waals surface area contributed by atoms with Crippen LogP contribution in [0.25, 0.3) is 0 Å². The van der Waals surface area contributed by atoms with E-state index in [0.29, 0.717) is 37.6 Å². The Morgan fingerprint density at radius 1 is 1.03 bits per heavy atom. The maximum Gasteiger partial charge on any atom is 0.321 e. The molecule has 0 aliphatic carbocycles. The van der Waals surface area contributed by atoms with Crippen LogP contribution in [-0.4, -0.2) is 40.7 Å². The number of nitrogens with zero attached hydrogens (tertiary/aromatic N) is 3. The molecule has 0 atom stereocenters. The average Bonchev–Trinajstić information content (AvgIpc) is 3.25. The number of ether oxygens (including phenoxy) is 1. The average molecular weight is 405 g/mol. The summed E-state index contributed by atoms with van der Waals surface area (Å²) in [5.41, 5.74) is 1.50. The Hall–Kier alpha value is -2.99. The molecular formula is C24H27N3O3. The van der Waals surface area contributed by atoms with Gasteiger partial charge in [0.2, 0.25) is 5.89 Å². The fourth-order valence-electron chi connectivity index (χ4n) is 4.01. The van der Waals surface area contributed by atoms with Crippen LogP contribution in [0.1, 0.15) is 42.6 Å². The Bertz CT molecular complexity index is 948. The van der Waals surface area contributed by atoms with Crippen LogP contribution >= 0.6 is 0 Å². The van der Waals surface area contributed by atoms with Crippen molar-refractivity contribution in [1.29, 1.82) is 0 Å². The van der Waals surface area contributed by atoms with Crippen molar-refractivity contribution in [2.24, 2.45) is 0 Å². The maximum atomic E-state index is 13.0. The Kier molecular flexibility index (Phi) is 6.23. The Morgan fingerprint density at radius 3 is 2.30 bits per heavy atom. The smallest absolute Gasteiger partial charge is 0.321 e. The lowest BCUT2D eigenvalue weighted by Crippen LogP contribution is -2.48. The second-order valence-electron chi connectivity index (χ2n) is 7.74. The van der Waals surface area contributed by atoms with E-state index in [1.54, 1.807) is 0 Å². The first kappa shape index (κ1) is 20.3. The molecule has 30 heavy (non-hydrogen) atoms. The summed E-state index contributed by atoms with van der Waals surface area (Å²) < 4.78 is 11.1. The quantitative estimate of drug-likeness (QED) is 0.558. The molecule has 6 heteroatoms. The van der Waals surface area contributed by atoms with E-state index in [0.717, 1.165) is 25.2 Å². The van der Waals surface area contributed by atoms with Crippen molar-refractivity contribution in [3.63, 3.8) is 0 Å². The van der Waals surface area contributed by atoms with Crippen LogP contribution in [0.5, 0.6) is 0 Å². The van der Waals surface area contributed by atoms with Crippen LogP contribution < -0.4 is 0 Å². The normalized spacial score (nSPS) is 16.3. The summed E-state index contributed by atoms with van der Waals surface area (Å²) in [6.45, 7) is 4.56. The van der Waals surface area contributed by atoms with E-state index in [1.165, 1.54) is 5.56 Å². The van der Waals surface area contributed by atoms with Crippen LogP contribution in [0.15, 0.2) is 65.2 Å². The first-order valence-corrected chi connectivity index (χ1v) is 10.5. The highest BCUT2D eigenvalue weighted by Gasteiger charge is 2.49. The van der Waals surface area contributed by atoms with Gasteiger partial charge in [0.25, 0.3) is 0 Å². The van der Waals surface area contributed by atoms with E-state index in [4.69, 9.17) is 9.26 Å². The number of rotatable bonds is 7. The number of likely N-dealkylation sites (tertiary alicyclic amines) is 1. The molecule has 0 radical (unpaired) electrons. The van der Waals surface area contributed by atoms with Gasteiger partial charge in [-0.15, -0.1) is 0 Å². The largest absolute Gasteiger partial charge is 0.465 e. The first-order chi connectivity index (χ1) is 14.7. The number of hydrogen-bond donors (Lipinski definition) is 0. The standard InChI is InChI=1S/C24H27N3O3/c1-2-29-23(28)24(13-15-27(16-14-24)18-20-11-7-4-8-12-20)22-25-21(26-30-22)17-19-9-5-3-6-10-19/h3-12H,2,13-18H2,1H3. The van der Waals surface area contributed by atoms with Gasteiger partial charge in [0.05, 0.1) is 6.61 Å². The third-order valence-electron chi connectivity index (χ3n) is 5.71. The van der Waals surface area contributed by atoms with Crippen molar-refractivity contribution in [2.45, 2.75) is 38.1 Å². The van der Waals surface area contributed by atoms with Crippen LogP contribution in [0.2, 0.25) is 0 Å². The molecule has 0 saturated carbocycles. The molecule has 1 fully saturated rings. The molecule has 1 aromatic heterocycles. The molecule has 0 spiro atoms. The number of esters is 1. The zero-order valence-corrected chi connectivity index (χ0v) is 17.3. The number of carbonyl (C=O) groups excluding carboxylic acids is 1. The summed E-state index contributed by atoms with van der Waals surface area (Å²) >= 11 is 0. The molecule has 3 aromatic rings. The molecule has 4 rings (SSSR count). The monoisotopic (exact) mass is 405 g/mol. The highest BCUT2D eigenvalue weighted by atomic mass is 16.5. The third kappa shape index (κ3) is 4.44. The van der Waals surface area contributed by atoms with Gasteiger partial charge in [-0.05, 0) is 30.9 Å². The number of aromatic nitrogens is 2. The molecule has 2 aromatic carbocycles. The molecule has 0 bridgehead atoms. The fraction of sp³-hybridized carbons (Fsp3) is 0.375. The van der Waals surface area contributed by atoms with Crippen LogP contribution in [0.3, 0.4) is 0 Å². The second-order valence-corrected chi connectivity index (χ2v) is 7.74. The number of hydrogen-bond acceptors (Lipinski definition) is 6. The molecule has 0 N–H and O–H groups in total. The fourth-order valence-corrected chi connectivity index (χ4v) is 4.01. The van der Waals surface area contributed by atoms with Crippen LogP contribution in [-0.2, 0) is 27.9 Å². The van der Waals surface area contributed by atoms with E-state index in [-0.39, 0.29) is 5.97 Å². The van der Waals surface area contributed by atoms with Gasteiger partial charge in [0, 0.05) is 26.1 Å². The van der Waals surface area contributed by atoms with Crippen LogP contribution in [0, 0.1) is 0 Å². The van der Waals surface area contributed by atoms with Gasteiger partial charge in [-0.25, -0.2) is 0 Å². The molecule has 1 aliphatic heterocycles. The summed E-state index contributed by atoms with van der Waals surface area (Å²) in [6, 6.07) is 20.4. The van der Waals surface area contributed by atoms with Crippen LogP contribution in [0.4, 0.5) is 0 Å². The predicted molar refractivity (Wildman–Crippen MR) is 113 cm³/mol. The van der Waals surface area contributed by atoms with Gasteiger partial charge in [-0.2, -0.15) is 4.98 Å². The number of piperidine rings is 1. The lowest BCUT2D eigenvalue weighted by molar-refractivity contribution is -0.153. The highest BCUT2D eigenvalue weighted by molar-refractivity contribution is 5.82. The van der Waals surface area contributed by atoms with Gasteiger partial charge in [0.1, 0.15) is 5.41 Å². The van der Waals surface area contributed by atoms with Crippen molar-refractivity contribution in [1.82, 2.24) is 15.0 Å². The minimum Gasteiger partial charge on any atom is -0.465 e. The van der Waals surface area contributed by atoms with Gasteiger partial charge in [-0.3, -0.25) is 9.69 Å².